The van der Waals surface area contributed by atoms with E-state index in [0.29, 0.717) is 11.5 Å². The smallest absolute Gasteiger partial charge is 0.406 e. The van der Waals surface area contributed by atoms with Crippen LogP contribution in [0, 0.1) is 0 Å². The first-order valence-electron chi connectivity index (χ1n) is 6.05. The molecule has 3 aromatic rings. The third kappa shape index (κ3) is 3.03. The number of nitrogens with zero attached hydrogens (tertiary/aromatic N) is 2. The van der Waals surface area contributed by atoms with Crippen molar-refractivity contribution in [2.24, 2.45) is 0 Å². The highest BCUT2D eigenvalue weighted by atomic mass is 32.1. The fraction of sp³-hybridized carbons (Fsp3) is 0.0769. The van der Waals surface area contributed by atoms with Gasteiger partial charge in [-0.05, 0) is 42.0 Å². The number of alkyl halides is 3. The van der Waals surface area contributed by atoms with E-state index in [0.717, 1.165) is 15.3 Å². The average molecular weight is 326 g/mol. The number of thiophene rings is 1. The lowest BCUT2D eigenvalue weighted by atomic mass is 10.2. The highest BCUT2D eigenvalue weighted by Crippen LogP contribution is 2.36. The van der Waals surface area contributed by atoms with Gasteiger partial charge in [-0.1, -0.05) is 0 Å². The van der Waals surface area contributed by atoms with Crippen LogP contribution in [0.5, 0.6) is 5.75 Å². The Balaban J connectivity index is 1.83. The number of nitrogen functional groups attached to an aromatic ring is 1. The summed E-state index contributed by atoms with van der Waals surface area (Å²) in [6.07, 6.45) is -4.69. The largest absolute Gasteiger partial charge is 0.573 e. The highest BCUT2D eigenvalue weighted by molar-refractivity contribution is 7.18. The summed E-state index contributed by atoms with van der Waals surface area (Å²) < 4.78 is 40.2. The Morgan fingerprint density at radius 3 is 2.27 bits per heavy atom. The molecule has 0 saturated carbocycles. The molecule has 0 bridgehead atoms. The Labute approximate surface area is 126 Å². The summed E-state index contributed by atoms with van der Waals surface area (Å²) in [7, 11) is 0. The predicted octanol–water partition coefficient (Wildman–Crippen LogP) is 3.68. The van der Waals surface area contributed by atoms with Crippen molar-refractivity contribution >= 4 is 17.2 Å². The van der Waals surface area contributed by atoms with Gasteiger partial charge in [-0.2, -0.15) is 10.3 Å². The molecule has 0 spiro atoms. The highest BCUT2D eigenvalue weighted by Gasteiger charge is 2.30. The van der Waals surface area contributed by atoms with Crippen LogP contribution in [0.1, 0.15) is 0 Å². The SMILES string of the molecule is Nc1n[nH]nc1-c1ccc(-c2ccc(OC(F)(F)F)cc2)s1. The van der Waals surface area contributed by atoms with Crippen LogP contribution >= 0.6 is 11.3 Å². The first-order valence-corrected chi connectivity index (χ1v) is 6.87. The van der Waals surface area contributed by atoms with Gasteiger partial charge < -0.3 is 10.5 Å². The lowest BCUT2D eigenvalue weighted by Gasteiger charge is -2.08. The van der Waals surface area contributed by atoms with Gasteiger partial charge in [0.15, 0.2) is 5.82 Å². The van der Waals surface area contributed by atoms with Gasteiger partial charge in [0.1, 0.15) is 11.4 Å². The van der Waals surface area contributed by atoms with Crippen molar-refractivity contribution in [1.29, 1.82) is 0 Å². The van der Waals surface area contributed by atoms with E-state index in [9.17, 15) is 13.2 Å². The van der Waals surface area contributed by atoms with E-state index in [1.165, 1.54) is 23.5 Å². The first kappa shape index (κ1) is 14.4. The van der Waals surface area contributed by atoms with E-state index in [1.807, 2.05) is 12.1 Å². The normalized spacial score (nSPS) is 11.6. The molecular weight excluding hydrogens is 317 g/mol. The number of hydrogen-bond donors (Lipinski definition) is 2. The van der Waals surface area contributed by atoms with Crippen molar-refractivity contribution in [3.05, 3.63) is 36.4 Å². The molecule has 0 fully saturated rings. The zero-order valence-electron chi connectivity index (χ0n) is 10.9. The minimum Gasteiger partial charge on any atom is -0.406 e. The molecule has 2 heterocycles. The number of nitrogens with one attached hydrogen (secondary N) is 1. The van der Waals surface area contributed by atoms with E-state index in [-0.39, 0.29) is 5.75 Å². The summed E-state index contributed by atoms with van der Waals surface area (Å²) in [5.41, 5.74) is 7.00. The van der Waals surface area contributed by atoms with Gasteiger partial charge in [-0.3, -0.25) is 0 Å². The van der Waals surface area contributed by atoms with E-state index < -0.39 is 6.36 Å². The molecule has 0 amide bonds. The van der Waals surface area contributed by atoms with Gasteiger partial charge in [0.05, 0.1) is 4.88 Å². The van der Waals surface area contributed by atoms with Crippen LogP contribution in [0.25, 0.3) is 21.0 Å². The van der Waals surface area contributed by atoms with Crippen LogP contribution in [0.15, 0.2) is 36.4 Å². The molecule has 9 heteroatoms. The van der Waals surface area contributed by atoms with Crippen LogP contribution in [0.2, 0.25) is 0 Å². The maximum atomic E-state index is 12.1. The average Bonchev–Trinajstić information content (AvgIpc) is 3.06. The molecule has 0 saturated heterocycles. The Bertz CT molecular complexity index is 779. The minimum atomic E-state index is -4.69. The molecule has 2 aromatic heterocycles. The maximum Gasteiger partial charge on any atom is 0.573 e. The number of rotatable bonds is 3. The first-order chi connectivity index (χ1) is 10.4. The van der Waals surface area contributed by atoms with E-state index in [1.54, 1.807) is 12.1 Å². The van der Waals surface area contributed by atoms with Crippen molar-refractivity contribution in [3.63, 3.8) is 0 Å². The number of aromatic amines is 1. The molecule has 3 rings (SSSR count). The zero-order valence-corrected chi connectivity index (χ0v) is 11.7. The van der Waals surface area contributed by atoms with Crippen molar-refractivity contribution in [1.82, 2.24) is 15.4 Å². The summed E-state index contributed by atoms with van der Waals surface area (Å²) in [5, 5.41) is 10.1. The Hall–Kier alpha value is -2.55. The fourth-order valence-corrected chi connectivity index (χ4v) is 2.87. The minimum absolute atomic E-state index is 0.256. The van der Waals surface area contributed by atoms with Crippen LogP contribution in [-0.2, 0) is 0 Å². The molecule has 0 aliphatic carbocycles. The standard InChI is InChI=1S/C13H9F3N4OS/c14-13(15,16)21-8-3-1-7(2-4-8)9-5-6-10(22-9)11-12(17)19-20-18-11/h1-6H,(H3,17,18,19,20). The maximum absolute atomic E-state index is 12.1. The Morgan fingerprint density at radius 1 is 1.00 bits per heavy atom. The molecule has 0 aliphatic rings. The number of nitrogens with two attached hydrogens (primary N) is 1. The number of halogens is 3. The van der Waals surface area contributed by atoms with Gasteiger partial charge in [0.2, 0.25) is 0 Å². The summed E-state index contributed by atoms with van der Waals surface area (Å²) in [4.78, 5) is 1.69. The van der Waals surface area contributed by atoms with Crippen molar-refractivity contribution in [2.75, 3.05) is 5.73 Å². The molecule has 5 nitrogen and oxygen atoms in total. The van der Waals surface area contributed by atoms with E-state index >= 15 is 0 Å². The number of anilines is 1. The number of aromatic nitrogens is 3. The molecule has 3 N–H and O–H groups in total. The Morgan fingerprint density at radius 2 is 1.68 bits per heavy atom. The molecule has 0 radical (unpaired) electrons. The second-order valence-electron chi connectivity index (χ2n) is 4.29. The number of benzene rings is 1. The van der Waals surface area contributed by atoms with E-state index in [4.69, 9.17) is 5.73 Å². The second kappa shape index (κ2) is 5.34. The van der Waals surface area contributed by atoms with Crippen molar-refractivity contribution < 1.29 is 17.9 Å². The third-order valence-electron chi connectivity index (χ3n) is 2.79. The lowest BCUT2D eigenvalue weighted by molar-refractivity contribution is -0.274. The predicted molar refractivity (Wildman–Crippen MR) is 76.2 cm³/mol. The topological polar surface area (TPSA) is 76.8 Å². The summed E-state index contributed by atoms with van der Waals surface area (Å²) >= 11 is 1.41. The summed E-state index contributed by atoms with van der Waals surface area (Å²) in [5.74, 6) is 0.0381. The molecule has 0 aliphatic heterocycles. The van der Waals surface area contributed by atoms with Gasteiger partial charge in [0.25, 0.3) is 0 Å². The van der Waals surface area contributed by atoms with Gasteiger partial charge in [0, 0.05) is 4.88 Å². The third-order valence-corrected chi connectivity index (χ3v) is 3.93. The fourth-order valence-electron chi connectivity index (χ4n) is 1.86. The number of hydrogen-bond acceptors (Lipinski definition) is 5. The summed E-state index contributed by atoms with van der Waals surface area (Å²) in [6.45, 7) is 0. The molecule has 114 valence electrons. The number of H-pyrrole nitrogens is 1. The molecule has 0 atom stereocenters. The van der Waals surface area contributed by atoms with Crippen molar-refractivity contribution in [2.45, 2.75) is 6.36 Å². The van der Waals surface area contributed by atoms with Crippen LogP contribution in [0.4, 0.5) is 19.0 Å². The van der Waals surface area contributed by atoms with Gasteiger partial charge in [-0.25, -0.2) is 0 Å². The van der Waals surface area contributed by atoms with Gasteiger partial charge in [-0.15, -0.1) is 29.6 Å². The van der Waals surface area contributed by atoms with Gasteiger partial charge >= 0.3 is 6.36 Å². The molecule has 1 aromatic carbocycles. The lowest BCUT2D eigenvalue weighted by Crippen LogP contribution is -2.16. The zero-order chi connectivity index (χ0) is 15.7. The van der Waals surface area contributed by atoms with Crippen LogP contribution in [0.3, 0.4) is 0 Å². The quantitative estimate of drug-likeness (QED) is 0.770. The number of ether oxygens (including phenoxy) is 1. The Kier molecular flexibility index (Phi) is 3.49. The summed E-state index contributed by atoms with van der Waals surface area (Å²) in [6, 6.07) is 9.33. The second-order valence-corrected chi connectivity index (χ2v) is 5.38. The monoisotopic (exact) mass is 326 g/mol. The molecular formula is C13H9F3N4OS. The molecule has 0 unspecified atom stereocenters. The molecule has 22 heavy (non-hydrogen) atoms. The van der Waals surface area contributed by atoms with Crippen LogP contribution in [-0.4, -0.2) is 21.8 Å². The van der Waals surface area contributed by atoms with Crippen molar-refractivity contribution in [3.8, 4) is 26.8 Å². The van der Waals surface area contributed by atoms with E-state index in [2.05, 4.69) is 20.1 Å². The van der Waals surface area contributed by atoms with Crippen LogP contribution < -0.4 is 10.5 Å².